The highest BCUT2D eigenvalue weighted by Crippen LogP contribution is 2.35. The van der Waals surface area contributed by atoms with E-state index in [-0.39, 0.29) is 6.54 Å². The van der Waals surface area contributed by atoms with Gasteiger partial charge in [0.2, 0.25) is 5.54 Å². The molecule has 3 N–H and O–H groups in total. The summed E-state index contributed by atoms with van der Waals surface area (Å²) in [6, 6.07) is 3.78. The Bertz CT molecular complexity index is 615. The quantitative estimate of drug-likeness (QED) is 0.647. The highest BCUT2D eigenvalue weighted by Gasteiger charge is 2.64. The Labute approximate surface area is 118 Å². The minimum atomic E-state index is -4.86. The topological polar surface area (TPSA) is 75.4 Å². The van der Waals surface area contributed by atoms with Crippen molar-refractivity contribution >= 4 is 17.6 Å². The van der Waals surface area contributed by atoms with Crippen LogP contribution in [0.4, 0.5) is 23.7 Å². The van der Waals surface area contributed by atoms with Crippen LogP contribution in [0.5, 0.6) is 0 Å². The molecule has 0 aliphatic carbocycles. The summed E-state index contributed by atoms with van der Waals surface area (Å²) >= 11 is 0. The summed E-state index contributed by atoms with van der Waals surface area (Å²) in [5, 5.41) is 1.71. The maximum atomic E-state index is 12.9. The highest BCUT2D eigenvalue weighted by molar-refractivity contribution is 6.07. The number of nitrogens with one attached hydrogen (secondary N) is 1. The molecule has 1 fully saturated rings. The van der Waals surface area contributed by atoms with Crippen molar-refractivity contribution in [2.45, 2.75) is 32.1 Å². The van der Waals surface area contributed by atoms with Crippen LogP contribution in [0, 0.1) is 6.92 Å². The monoisotopic (exact) mass is 301 g/mol. The fourth-order valence-corrected chi connectivity index (χ4v) is 2.08. The first-order valence-corrected chi connectivity index (χ1v) is 6.12. The fourth-order valence-electron chi connectivity index (χ4n) is 2.08. The lowest BCUT2D eigenvalue weighted by atomic mass is 10.0. The van der Waals surface area contributed by atoms with Crippen molar-refractivity contribution in [1.82, 2.24) is 10.2 Å². The molecule has 1 aliphatic rings. The molecule has 0 aromatic heterocycles. The Hall–Kier alpha value is -2.25. The largest absolute Gasteiger partial charge is 0.420 e. The van der Waals surface area contributed by atoms with Crippen molar-refractivity contribution in [3.63, 3.8) is 0 Å². The number of rotatable bonds is 2. The number of carbonyl (C=O) groups excluding carboxylic acids is 2. The number of alkyl halides is 3. The Balaban J connectivity index is 2.32. The minimum Gasteiger partial charge on any atom is -0.399 e. The molecule has 1 aromatic rings. The van der Waals surface area contributed by atoms with Crippen LogP contribution in [-0.2, 0) is 11.3 Å². The molecule has 21 heavy (non-hydrogen) atoms. The van der Waals surface area contributed by atoms with Crippen LogP contribution >= 0.6 is 0 Å². The van der Waals surface area contributed by atoms with Gasteiger partial charge >= 0.3 is 12.2 Å². The SMILES string of the molecule is Cc1c(N)cccc1CN1C(=O)NC(C)(C(F)(F)F)C1=O. The number of benzene rings is 1. The van der Waals surface area contributed by atoms with E-state index in [4.69, 9.17) is 5.73 Å². The Morgan fingerprint density at radius 3 is 2.48 bits per heavy atom. The number of hydrogen-bond acceptors (Lipinski definition) is 3. The molecule has 5 nitrogen and oxygen atoms in total. The maximum Gasteiger partial charge on any atom is 0.420 e. The fraction of sp³-hybridized carbons (Fsp3) is 0.385. The molecular weight excluding hydrogens is 287 g/mol. The zero-order valence-electron chi connectivity index (χ0n) is 11.4. The van der Waals surface area contributed by atoms with Gasteiger partial charge in [-0.1, -0.05) is 12.1 Å². The van der Waals surface area contributed by atoms with Crippen LogP contribution in [0.2, 0.25) is 0 Å². The lowest BCUT2D eigenvalue weighted by molar-refractivity contribution is -0.191. The molecule has 114 valence electrons. The van der Waals surface area contributed by atoms with Crippen LogP contribution in [0.25, 0.3) is 0 Å². The predicted molar refractivity (Wildman–Crippen MR) is 69.1 cm³/mol. The second-order valence-electron chi connectivity index (χ2n) is 5.08. The first-order chi connectivity index (χ1) is 9.58. The number of carbonyl (C=O) groups is 2. The number of urea groups is 1. The van der Waals surface area contributed by atoms with Crippen molar-refractivity contribution in [3.05, 3.63) is 29.3 Å². The minimum absolute atomic E-state index is 0.257. The number of nitrogen functional groups attached to an aromatic ring is 1. The summed E-state index contributed by atoms with van der Waals surface area (Å²) in [7, 11) is 0. The van der Waals surface area contributed by atoms with Crippen LogP contribution in [0.1, 0.15) is 18.1 Å². The first kappa shape index (κ1) is 15.1. The van der Waals surface area contributed by atoms with Crippen molar-refractivity contribution < 1.29 is 22.8 Å². The van der Waals surface area contributed by atoms with Gasteiger partial charge in [0.25, 0.3) is 5.91 Å². The molecule has 0 saturated carbocycles. The van der Waals surface area contributed by atoms with E-state index in [9.17, 15) is 22.8 Å². The molecule has 1 atom stereocenters. The molecule has 0 spiro atoms. The average Bonchev–Trinajstić information content (AvgIpc) is 2.59. The van der Waals surface area contributed by atoms with Gasteiger partial charge in [-0.2, -0.15) is 13.2 Å². The van der Waals surface area contributed by atoms with E-state index in [1.807, 2.05) is 0 Å². The van der Waals surface area contributed by atoms with Gasteiger partial charge in [-0.25, -0.2) is 4.79 Å². The highest BCUT2D eigenvalue weighted by atomic mass is 19.4. The Kier molecular flexibility index (Phi) is 3.35. The molecule has 1 heterocycles. The zero-order valence-corrected chi connectivity index (χ0v) is 11.4. The molecule has 0 radical (unpaired) electrons. The van der Waals surface area contributed by atoms with Crippen molar-refractivity contribution in [2.75, 3.05) is 5.73 Å². The summed E-state index contributed by atoms with van der Waals surface area (Å²) in [6.07, 6.45) is -4.86. The van der Waals surface area contributed by atoms with Crippen molar-refractivity contribution in [2.24, 2.45) is 0 Å². The van der Waals surface area contributed by atoms with Crippen molar-refractivity contribution in [1.29, 1.82) is 0 Å². The van der Waals surface area contributed by atoms with E-state index >= 15 is 0 Å². The second-order valence-corrected chi connectivity index (χ2v) is 5.08. The van der Waals surface area contributed by atoms with Crippen molar-refractivity contribution in [3.8, 4) is 0 Å². The number of anilines is 1. The summed E-state index contributed by atoms with van der Waals surface area (Å²) in [5.41, 5.74) is 4.40. The van der Waals surface area contributed by atoms with Gasteiger partial charge < -0.3 is 11.1 Å². The van der Waals surface area contributed by atoms with Gasteiger partial charge in [0, 0.05) is 5.69 Å². The third-order valence-corrected chi connectivity index (χ3v) is 3.66. The zero-order chi connectivity index (χ0) is 16.0. The molecule has 1 aliphatic heterocycles. The molecule has 8 heteroatoms. The van der Waals surface area contributed by atoms with E-state index in [1.165, 1.54) is 0 Å². The van der Waals surface area contributed by atoms with Gasteiger partial charge in [0.05, 0.1) is 6.54 Å². The van der Waals surface area contributed by atoms with Crippen LogP contribution in [0.3, 0.4) is 0 Å². The first-order valence-electron chi connectivity index (χ1n) is 6.12. The van der Waals surface area contributed by atoms with Crippen LogP contribution < -0.4 is 11.1 Å². The molecule has 0 bridgehead atoms. The van der Waals surface area contributed by atoms with Gasteiger partial charge in [-0.3, -0.25) is 9.69 Å². The predicted octanol–water partition coefficient (Wildman–Crippen LogP) is 1.95. The standard InChI is InChI=1S/C13H14F3N3O2/c1-7-8(4-3-5-9(7)17)6-19-10(20)12(2,13(14,15)16)18-11(19)21/h3-5H,6,17H2,1-2H3,(H,18,21). The molecule has 1 saturated heterocycles. The number of nitrogens with zero attached hydrogens (tertiary/aromatic N) is 1. The Morgan fingerprint density at radius 2 is 1.95 bits per heavy atom. The van der Waals surface area contributed by atoms with Gasteiger partial charge in [-0.05, 0) is 31.0 Å². The number of nitrogens with two attached hydrogens (primary N) is 1. The van der Waals surface area contributed by atoms with E-state index < -0.39 is 23.7 Å². The number of halogens is 3. The summed E-state index contributed by atoms with van der Waals surface area (Å²) in [6.45, 7) is 2.07. The maximum absolute atomic E-state index is 12.9. The average molecular weight is 301 g/mol. The van der Waals surface area contributed by atoms with E-state index in [0.717, 1.165) is 0 Å². The summed E-state index contributed by atoms with van der Waals surface area (Å²) in [5.74, 6) is -1.32. The molecule has 1 unspecified atom stereocenters. The van der Waals surface area contributed by atoms with E-state index in [2.05, 4.69) is 0 Å². The summed E-state index contributed by atoms with van der Waals surface area (Å²) < 4.78 is 38.8. The van der Waals surface area contributed by atoms with Gasteiger partial charge in [0.15, 0.2) is 0 Å². The molecular formula is C13H14F3N3O2. The smallest absolute Gasteiger partial charge is 0.399 e. The second kappa shape index (κ2) is 4.64. The Morgan fingerprint density at radius 1 is 1.33 bits per heavy atom. The third kappa shape index (κ3) is 2.30. The van der Waals surface area contributed by atoms with Gasteiger partial charge in [-0.15, -0.1) is 0 Å². The molecule has 1 aromatic carbocycles. The van der Waals surface area contributed by atoms with Crippen LogP contribution in [0.15, 0.2) is 18.2 Å². The number of amides is 3. The molecule has 2 rings (SSSR count). The lowest BCUT2D eigenvalue weighted by Crippen LogP contribution is -2.56. The van der Waals surface area contributed by atoms with Gasteiger partial charge in [0.1, 0.15) is 0 Å². The normalized spacial score (nSPS) is 22.6. The van der Waals surface area contributed by atoms with E-state index in [0.29, 0.717) is 28.6 Å². The third-order valence-electron chi connectivity index (χ3n) is 3.66. The lowest BCUT2D eigenvalue weighted by Gasteiger charge is -2.24. The number of imide groups is 1. The summed E-state index contributed by atoms with van der Waals surface area (Å²) in [4.78, 5) is 24.2. The van der Waals surface area contributed by atoms with E-state index in [1.54, 1.807) is 30.4 Å². The number of hydrogen-bond donors (Lipinski definition) is 2. The van der Waals surface area contributed by atoms with Crippen LogP contribution in [-0.4, -0.2) is 28.6 Å². The molecule has 3 amide bonds.